The molecule has 1 rings (SSSR count). The minimum Gasteiger partial charge on any atom is -0.338 e. The van der Waals surface area contributed by atoms with Gasteiger partial charge >= 0.3 is 0 Å². The molecule has 0 fully saturated rings. The fraction of sp³-hybridized carbons (Fsp3) is 0.462. The Morgan fingerprint density at radius 1 is 1.53 bits per heavy atom. The van der Waals surface area contributed by atoms with E-state index in [1.165, 1.54) is 6.07 Å². The van der Waals surface area contributed by atoms with Gasteiger partial charge in [-0.25, -0.2) is 4.39 Å². The minimum absolute atomic E-state index is 0.0948. The van der Waals surface area contributed by atoms with Gasteiger partial charge in [0, 0.05) is 18.8 Å². The van der Waals surface area contributed by atoms with E-state index in [1.807, 2.05) is 13.2 Å². The van der Waals surface area contributed by atoms with Crippen LogP contribution < -0.4 is 0 Å². The molecule has 0 aliphatic heterocycles. The zero-order valence-corrected chi connectivity index (χ0v) is 11.5. The average Bonchev–Trinajstić information content (AvgIpc) is 2.31. The standard InChI is InChI=1S/C13H18FNOS/c1-9-6-5-7-11(12(9)14)13(16)15(3)10(2)8-17-4/h5-7,10H,8H2,1-4H3. The minimum atomic E-state index is -0.416. The molecule has 0 aliphatic carbocycles. The van der Waals surface area contributed by atoms with Crippen LogP contribution in [0.4, 0.5) is 4.39 Å². The van der Waals surface area contributed by atoms with Crippen molar-refractivity contribution in [3.8, 4) is 0 Å². The fourth-order valence-corrected chi connectivity index (χ4v) is 2.26. The Kier molecular flexibility index (Phi) is 5.00. The van der Waals surface area contributed by atoms with Crippen LogP contribution in [0.5, 0.6) is 0 Å². The number of aryl methyl sites for hydroxylation is 1. The highest BCUT2D eigenvalue weighted by Gasteiger charge is 2.20. The maximum absolute atomic E-state index is 13.8. The third-order valence-corrected chi connectivity index (χ3v) is 3.63. The zero-order chi connectivity index (χ0) is 13.0. The number of benzene rings is 1. The molecular weight excluding hydrogens is 237 g/mol. The third-order valence-electron chi connectivity index (χ3n) is 2.81. The molecular formula is C13H18FNOS. The van der Waals surface area contributed by atoms with Crippen molar-refractivity contribution in [1.29, 1.82) is 0 Å². The van der Waals surface area contributed by atoms with E-state index in [4.69, 9.17) is 0 Å². The fourth-order valence-electron chi connectivity index (χ4n) is 1.56. The molecule has 0 spiro atoms. The summed E-state index contributed by atoms with van der Waals surface area (Å²) < 4.78 is 13.8. The van der Waals surface area contributed by atoms with Crippen LogP contribution in [-0.4, -0.2) is 35.9 Å². The molecule has 0 N–H and O–H groups in total. The summed E-state index contributed by atoms with van der Waals surface area (Å²) in [7, 11) is 1.71. The molecule has 4 heteroatoms. The number of rotatable bonds is 4. The molecule has 0 saturated carbocycles. The van der Waals surface area contributed by atoms with E-state index in [0.29, 0.717) is 5.56 Å². The molecule has 17 heavy (non-hydrogen) atoms. The molecule has 0 aromatic heterocycles. The second kappa shape index (κ2) is 6.05. The molecule has 0 aliphatic rings. The van der Waals surface area contributed by atoms with Crippen molar-refractivity contribution in [2.24, 2.45) is 0 Å². The first-order valence-electron chi connectivity index (χ1n) is 5.50. The van der Waals surface area contributed by atoms with Crippen LogP contribution in [0, 0.1) is 12.7 Å². The Bertz CT molecular complexity index is 408. The molecule has 1 aromatic carbocycles. The largest absolute Gasteiger partial charge is 0.338 e. The van der Waals surface area contributed by atoms with Crippen LogP contribution in [0.25, 0.3) is 0 Å². The van der Waals surface area contributed by atoms with Crippen molar-refractivity contribution in [2.75, 3.05) is 19.1 Å². The van der Waals surface area contributed by atoms with E-state index in [1.54, 1.807) is 42.8 Å². The highest BCUT2D eigenvalue weighted by Crippen LogP contribution is 2.15. The summed E-state index contributed by atoms with van der Waals surface area (Å²) >= 11 is 1.67. The molecule has 0 saturated heterocycles. The van der Waals surface area contributed by atoms with Gasteiger partial charge in [-0.05, 0) is 31.7 Å². The van der Waals surface area contributed by atoms with E-state index in [0.717, 1.165) is 5.75 Å². The number of nitrogens with zero attached hydrogens (tertiary/aromatic N) is 1. The molecule has 1 amide bonds. The van der Waals surface area contributed by atoms with Gasteiger partial charge in [0.25, 0.3) is 5.91 Å². The molecule has 1 atom stereocenters. The lowest BCUT2D eigenvalue weighted by Gasteiger charge is -2.24. The number of hydrogen-bond donors (Lipinski definition) is 0. The number of thioether (sulfide) groups is 1. The predicted molar refractivity (Wildman–Crippen MR) is 71.1 cm³/mol. The van der Waals surface area contributed by atoms with Crippen LogP contribution in [0.2, 0.25) is 0 Å². The first-order chi connectivity index (χ1) is 7.99. The van der Waals surface area contributed by atoms with Gasteiger partial charge in [-0.3, -0.25) is 4.79 Å². The average molecular weight is 255 g/mol. The number of hydrogen-bond acceptors (Lipinski definition) is 2. The first-order valence-corrected chi connectivity index (χ1v) is 6.89. The molecule has 0 heterocycles. The van der Waals surface area contributed by atoms with Crippen molar-refractivity contribution >= 4 is 17.7 Å². The van der Waals surface area contributed by atoms with E-state index in [-0.39, 0.29) is 17.5 Å². The number of halogens is 1. The lowest BCUT2D eigenvalue weighted by molar-refractivity contribution is 0.0752. The molecule has 1 aromatic rings. The smallest absolute Gasteiger partial charge is 0.256 e. The van der Waals surface area contributed by atoms with Gasteiger partial charge in [-0.15, -0.1) is 0 Å². The Morgan fingerprint density at radius 3 is 2.76 bits per heavy atom. The lowest BCUT2D eigenvalue weighted by Crippen LogP contribution is -2.37. The molecule has 0 bridgehead atoms. The first kappa shape index (κ1) is 14.0. The Balaban J connectivity index is 2.93. The van der Waals surface area contributed by atoms with Crippen LogP contribution in [0.1, 0.15) is 22.8 Å². The van der Waals surface area contributed by atoms with Crippen molar-refractivity contribution in [3.05, 3.63) is 35.1 Å². The molecule has 2 nitrogen and oxygen atoms in total. The van der Waals surface area contributed by atoms with E-state index in [9.17, 15) is 9.18 Å². The van der Waals surface area contributed by atoms with E-state index >= 15 is 0 Å². The van der Waals surface area contributed by atoms with Gasteiger partial charge in [0.15, 0.2) is 0 Å². The molecule has 1 unspecified atom stereocenters. The van der Waals surface area contributed by atoms with Crippen LogP contribution in [0.15, 0.2) is 18.2 Å². The summed E-state index contributed by atoms with van der Waals surface area (Å²) in [5, 5.41) is 0. The quantitative estimate of drug-likeness (QED) is 0.824. The summed E-state index contributed by atoms with van der Waals surface area (Å²) in [6.07, 6.45) is 1.99. The van der Waals surface area contributed by atoms with Gasteiger partial charge in [0.1, 0.15) is 5.82 Å². The van der Waals surface area contributed by atoms with Crippen molar-refractivity contribution in [1.82, 2.24) is 4.90 Å². The number of carbonyl (C=O) groups excluding carboxylic acids is 1. The SMILES string of the molecule is CSCC(C)N(C)C(=O)c1cccc(C)c1F. The summed E-state index contributed by atoms with van der Waals surface area (Å²) in [6, 6.07) is 5.00. The van der Waals surface area contributed by atoms with Crippen LogP contribution in [-0.2, 0) is 0 Å². The van der Waals surface area contributed by atoms with E-state index in [2.05, 4.69) is 0 Å². The summed E-state index contributed by atoms with van der Waals surface area (Å²) in [5.74, 6) is 0.170. The highest BCUT2D eigenvalue weighted by molar-refractivity contribution is 7.98. The monoisotopic (exact) mass is 255 g/mol. The van der Waals surface area contributed by atoms with Gasteiger partial charge in [-0.2, -0.15) is 11.8 Å². The van der Waals surface area contributed by atoms with Crippen molar-refractivity contribution in [3.63, 3.8) is 0 Å². The van der Waals surface area contributed by atoms with Crippen LogP contribution in [0.3, 0.4) is 0 Å². The predicted octanol–water partition coefficient (Wildman–Crippen LogP) is 2.96. The van der Waals surface area contributed by atoms with Gasteiger partial charge in [0.2, 0.25) is 0 Å². The second-order valence-electron chi connectivity index (χ2n) is 4.16. The summed E-state index contributed by atoms with van der Waals surface area (Å²) in [4.78, 5) is 13.7. The number of amides is 1. The highest BCUT2D eigenvalue weighted by atomic mass is 32.2. The number of carbonyl (C=O) groups is 1. The third kappa shape index (κ3) is 3.22. The summed E-state index contributed by atoms with van der Waals surface area (Å²) in [5.41, 5.74) is 0.655. The maximum atomic E-state index is 13.8. The van der Waals surface area contributed by atoms with Crippen molar-refractivity contribution in [2.45, 2.75) is 19.9 Å². The maximum Gasteiger partial charge on any atom is 0.256 e. The molecule has 0 radical (unpaired) electrons. The van der Waals surface area contributed by atoms with Gasteiger partial charge in [0.05, 0.1) is 5.56 Å². The molecule has 94 valence electrons. The van der Waals surface area contributed by atoms with Crippen LogP contribution >= 0.6 is 11.8 Å². The zero-order valence-electron chi connectivity index (χ0n) is 10.7. The Labute approximate surface area is 106 Å². The van der Waals surface area contributed by atoms with Gasteiger partial charge < -0.3 is 4.90 Å². The second-order valence-corrected chi connectivity index (χ2v) is 5.07. The van der Waals surface area contributed by atoms with E-state index < -0.39 is 5.82 Å². The summed E-state index contributed by atoms with van der Waals surface area (Å²) in [6.45, 7) is 3.62. The Hall–Kier alpha value is -1.03. The van der Waals surface area contributed by atoms with Gasteiger partial charge in [-0.1, -0.05) is 12.1 Å². The Morgan fingerprint density at radius 2 is 2.18 bits per heavy atom. The lowest BCUT2D eigenvalue weighted by atomic mass is 10.1. The van der Waals surface area contributed by atoms with Crippen molar-refractivity contribution < 1.29 is 9.18 Å². The normalized spacial score (nSPS) is 12.3. The topological polar surface area (TPSA) is 20.3 Å².